The molecule has 0 unspecified atom stereocenters. The van der Waals surface area contributed by atoms with E-state index in [1.807, 2.05) is 13.0 Å². The van der Waals surface area contributed by atoms with E-state index in [-0.39, 0.29) is 11.5 Å². The number of hydrogen-bond acceptors (Lipinski definition) is 5. The molecule has 0 atom stereocenters. The zero-order valence-electron chi connectivity index (χ0n) is 16.7. The molecule has 4 rings (SSSR count). The lowest BCUT2D eigenvalue weighted by Gasteiger charge is -2.12. The number of hydrogen-bond donors (Lipinski definition) is 1. The average molecular weight is 532 g/mol. The fraction of sp³-hybridized carbons (Fsp3) is 0.0870. The molecule has 2 aromatic carbocycles. The Bertz CT molecular complexity index is 1280. The molecule has 1 amide bonds. The number of aliphatic imine (C=N–C) groups is 1. The van der Waals surface area contributed by atoms with Crippen molar-refractivity contribution >= 4 is 68.1 Å². The van der Waals surface area contributed by atoms with Crippen LogP contribution in [0.5, 0.6) is 0 Å². The Labute approximate surface area is 201 Å². The lowest BCUT2D eigenvalue weighted by atomic mass is 10.1. The zero-order valence-corrected chi connectivity index (χ0v) is 19.9. The van der Waals surface area contributed by atoms with Crippen LogP contribution in [-0.4, -0.2) is 33.6 Å². The number of carbonyl (C=O) groups excluding carboxylic acids is 1. The summed E-state index contributed by atoms with van der Waals surface area (Å²) in [7, 11) is 0. The molecule has 0 spiro atoms. The van der Waals surface area contributed by atoms with Crippen LogP contribution in [0.2, 0.25) is 5.02 Å². The first-order valence-corrected chi connectivity index (χ1v) is 11.5. The number of furan rings is 1. The number of nitrogens with zero attached hydrogens (tertiary/aromatic N) is 2. The van der Waals surface area contributed by atoms with Gasteiger partial charge in [-0.1, -0.05) is 23.7 Å². The van der Waals surface area contributed by atoms with E-state index in [2.05, 4.69) is 20.9 Å². The van der Waals surface area contributed by atoms with Gasteiger partial charge in [-0.05, 0) is 77.1 Å². The number of amides is 1. The van der Waals surface area contributed by atoms with Crippen molar-refractivity contribution in [1.29, 1.82) is 0 Å². The lowest BCUT2D eigenvalue weighted by molar-refractivity contribution is -0.122. The first kappa shape index (κ1) is 22.4. The molecule has 1 fully saturated rings. The third-order valence-electron chi connectivity index (χ3n) is 4.63. The molecular formula is C23H16BrClN2O4S. The van der Waals surface area contributed by atoms with Crippen LogP contribution >= 0.6 is 39.3 Å². The molecule has 0 radical (unpaired) electrons. The van der Waals surface area contributed by atoms with Gasteiger partial charge in [0.2, 0.25) is 0 Å². The van der Waals surface area contributed by atoms with Crippen molar-refractivity contribution in [2.75, 3.05) is 6.54 Å². The third kappa shape index (κ3) is 4.67. The Hall–Kier alpha value is -2.81. The van der Waals surface area contributed by atoms with Crippen molar-refractivity contribution in [3.63, 3.8) is 0 Å². The highest BCUT2D eigenvalue weighted by Gasteiger charge is 2.32. The number of thioether (sulfide) groups is 1. The van der Waals surface area contributed by atoms with E-state index < -0.39 is 5.97 Å². The number of rotatable bonds is 5. The quantitative estimate of drug-likeness (QED) is 0.371. The van der Waals surface area contributed by atoms with Crippen molar-refractivity contribution in [3.8, 4) is 11.3 Å². The summed E-state index contributed by atoms with van der Waals surface area (Å²) in [5.74, 6) is -0.167. The van der Waals surface area contributed by atoms with Crippen LogP contribution in [0.3, 0.4) is 0 Å². The van der Waals surface area contributed by atoms with E-state index in [1.54, 1.807) is 53.4 Å². The van der Waals surface area contributed by atoms with E-state index in [0.717, 1.165) is 4.47 Å². The standard InChI is InChI=1S/C23H16BrClN2O4S/c1-2-27-21(28)20(32-23(27)26-15-6-8-17(24)18(25)11-15)12-16-7-9-19(31-16)13-4-3-5-14(10-13)22(29)30/h3-12H,2H2,1H3,(H,29,30)/b20-12+,26-23?. The summed E-state index contributed by atoms with van der Waals surface area (Å²) in [6.07, 6.45) is 1.66. The summed E-state index contributed by atoms with van der Waals surface area (Å²) in [5.41, 5.74) is 1.46. The minimum atomic E-state index is -1.01. The van der Waals surface area contributed by atoms with Crippen molar-refractivity contribution < 1.29 is 19.1 Å². The number of amidine groups is 1. The molecule has 32 heavy (non-hydrogen) atoms. The minimum Gasteiger partial charge on any atom is -0.478 e. The highest BCUT2D eigenvalue weighted by Crippen LogP contribution is 2.36. The van der Waals surface area contributed by atoms with Gasteiger partial charge < -0.3 is 9.52 Å². The Morgan fingerprint density at radius 2 is 2.06 bits per heavy atom. The Balaban J connectivity index is 1.61. The Kier molecular flexibility index (Phi) is 6.55. The summed E-state index contributed by atoms with van der Waals surface area (Å²) in [6.45, 7) is 2.35. The van der Waals surface area contributed by atoms with Crippen LogP contribution in [0, 0.1) is 0 Å². The molecule has 1 aromatic heterocycles. The van der Waals surface area contributed by atoms with Crippen molar-refractivity contribution in [2.45, 2.75) is 6.92 Å². The molecule has 0 bridgehead atoms. The fourth-order valence-corrected chi connectivity index (χ4v) is 4.52. The molecule has 1 saturated heterocycles. The summed E-state index contributed by atoms with van der Waals surface area (Å²) in [4.78, 5) is 30.7. The number of carboxylic acid groups (broad SMARTS) is 1. The van der Waals surface area contributed by atoms with Crippen LogP contribution in [0.25, 0.3) is 17.4 Å². The molecule has 162 valence electrons. The lowest BCUT2D eigenvalue weighted by Crippen LogP contribution is -2.28. The van der Waals surface area contributed by atoms with E-state index in [9.17, 15) is 14.7 Å². The highest BCUT2D eigenvalue weighted by atomic mass is 79.9. The maximum atomic E-state index is 12.9. The van der Waals surface area contributed by atoms with Gasteiger partial charge >= 0.3 is 5.97 Å². The van der Waals surface area contributed by atoms with E-state index in [1.165, 1.54) is 17.8 Å². The molecule has 0 saturated carbocycles. The van der Waals surface area contributed by atoms with E-state index >= 15 is 0 Å². The SMILES string of the molecule is CCN1C(=O)/C(=C\c2ccc(-c3cccc(C(=O)O)c3)o2)SC1=Nc1ccc(Br)c(Cl)c1. The van der Waals surface area contributed by atoms with Crippen LogP contribution in [0.1, 0.15) is 23.0 Å². The number of likely N-dealkylation sites (N-methyl/N-ethyl adjacent to an activating group) is 1. The largest absolute Gasteiger partial charge is 0.478 e. The van der Waals surface area contributed by atoms with Gasteiger partial charge in [0.05, 0.1) is 21.2 Å². The monoisotopic (exact) mass is 530 g/mol. The molecule has 1 aliphatic rings. The topological polar surface area (TPSA) is 83.1 Å². The van der Waals surface area contributed by atoms with Crippen LogP contribution in [0.4, 0.5) is 5.69 Å². The van der Waals surface area contributed by atoms with Gasteiger partial charge in [-0.2, -0.15) is 0 Å². The molecule has 3 aromatic rings. The van der Waals surface area contributed by atoms with Gasteiger partial charge in [-0.3, -0.25) is 9.69 Å². The van der Waals surface area contributed by atoms with Gasteiger partial charge in [0.1, 0.15) is 11.5 Å². The highest BCUT2D eigenvalue weighted by molar-refractivity contribution is 9.10. The van der Waals surface area contributed by atoms with Crippen LogP contribution in [-0.2, 0) is 4.79 Å². The van der Waals surface area contributed by atoms with Crippen LogP contribution in [0.15, 0.2) is 73.4 Å². The van der Waals surface area contributed by atoms with Crippen LogP contribution < -0.4 is 0 Å². The molecule has 1 aliphatic heterocycles. The first-order valence-electron chi connectivity index (χ1n) is 9.54. The summed E-state index contributed by atoms with van der Waals surface area (Å²) in [5, 5.41) is 10.3. The van der Waals surface area contributed by atoms with Crippen molar-refractivity contribution in [3.05, 3.63) is 80.3 Å². The average Bonchev–Trinajstić information content (AvgIpc) is 3.35. The molecule has 2 heterocycles. The molecule has 9 heteroatoms. The van der Waals surface area contributed by atoms with Gasteiger partial charge in [0.25, 0.3) is 5.91 Å². The van der Waals surface area contributed by atoms with Gasteiger partial charge in [-0.15, -0.1) is 0 Å². The second-order valence-electron chi connectivity index (χ2n) is 6.74. The van der Waals surface area contributed by atoms with Gasteiger partial charge in [0.15, 0.2) is 5.17 Å². The van der Waals surface area contributed by atoms with E-state index in [4.69, 9.17) is 16.0 Å². The van der Waals surface area contributed by atoms with Crippen molar-refractivity contribution in [1.82, 2.24) is 4.90 Å². The third-order valence-corrected chi connectivity index (χ3v) is 6.87. The van der Waals surface area contributed by atoms with E-state index in [0.29, 0.717) is 44.4 Å². The smallest absolute Gasteiger partial charge is 0.335 e. The maximum Gasteiger partial charge on any atom is 0.335 e. The number of halogens is 2. The summed E-state index contributed by atoms with van der Waals surface area (Å²) in [6, 6.07) is 15.3. The molecule has 1 N–H and O–H groups in total. The summed E-state index contributed by atoms with van der Waals surface area (Å²) < 4.78 is 6.62. The number of carboxylic acids is 1. The predicted molar refractivity (Wildman–Crippen MR) is 130 cm³/mol. The molecular weight excluding hydrogens is 516 g/mol. The Morgan fingerprint density at radius 1 is 1.25 bits per heavy atom. The minimum absolute atomic E-state index is 0.162. The Morgan fingerprint density at radius 3 is 2.78 bits per heavy atom. The number of benzene rings is 2. The van der Waals surface area contributed by atoms with Crippen molar-refractivity contribution in [2.24, 2.45) is 4.99 Å². The zero-order chi connectivity index (χ0) is 22.8. The second kappa shape index (κ2) is 9.36. The predicted octanol–water partition coefficient (Wildman–Crippen LogP) is 6.68. The number of aromatic carboxylic acids is 1. The fourth-order valence-electron chi connectivity index (χ4n) is 3.06. The maximum absolute atomic E-state index is 12.9. The normalized spacial score (nSPS) is 16.3. The van der Waals surface area contributed by atoms with Gasteiger partial charge in [0, 0.05) is 22.7 Å². The first-order chi connectivity index (χ1) is 15.4. The molecule has 6 nitrogen and oxygen atoms in total. The number of carbonyl (C=O) groups is 2. The second-order valence-corrected chi connectivity index (χ2v) is 9.01. The summed E-state index contributed by atoms with van der Waals surface area (Å²) >= 11 is 10.8. The molecule has 0 aliphatic carbocycles. The van der Waals surface area contributed by atoms with Gasteiger partial charge in [-0.25, -0.2) is 9.79 Å².